The normalized spacial score (nSPS) is 13.4. The van der Waals surface area contributed by atoms with Crippen LogP contribution in [0.4, 0.5) is 0 Å². The number of hydrogen-bond acceptors (Lipinski definition) is 0. The summed E-state index contributed by atoms with van der Waals surface area (Å²) in [7, 11) is 0. The van der Waals surface area contributed by atoms with Crippen LogP contribution in [-0.4, -0.2) is 3.81 Å². The second kappa shape index (κ2) is 8.47. The Bertz CT molecular complexity index is 1350. The van der Waals surface area contributed by atoms with E-state index >= 15 is 0 Å². The van der Waals surface area contributed by atoms with Crippen molar-refractivity contribution in [2.24, 2.45) is 0 Å². The van der Waals surface area contributed by atoms with Crippen LogP contribution < -0.4 is 3.87 Å². The third-order valence-electron chi connectivity index (χ3n) is 6.59. The van der Waals surface area contributed by atoms with Crippen molar-refractivity contribution in [3.63, 3.8) is 0 Å². The van der Waals surface area contributed by atoms with Gasteiger partial charge in [0.1, 0.15) is 0 Å². The Morgan fingerprint density at radius 2 is 1.28 bits per heavy atom. The minimum atomic E-state index is -2.05. The van der Waals surface area contributed by atoms with Crippen molar-refractivity contribution in [1.82, 2.24) is 0 Å². The van der Waals surface area contributed by atoms with Gasteiger partial charge in [-0.1, -0.05) is 0 Å². The molecule has 0 fully saturated rings. The molecule has 32 heavy (non-hydrogen) atoms. The van der Waals surface area contributed by atoms with Crippen molar-refractivity contribution in [3.05, 3.63) is 147 Å². The molecule has 4 aromatic carbocycles. The van der Waals surface area contributed by atoms with Crippen LogP contribution in [0.15, 0.2) is 125 Å². The summed E-state index contributed by atoms with van der Waals surface area (Å²) < 4.78 is 4.80. The van der Waals surface area contributed by atoms with E-state index < -0.39 is 17.4 Å². The van der Waals surface area contributed by atoms with Gasteiger partial charge in [0.25, 0.3) is 0 Å². The summed E-state index contributed by atoms with van der Waals surface area (Å²) in [6.45, 7) is 0. The number of hydrogen-bond donors (Lipinski definition) is 0. The quantitative estimate of drug-likeness (QED) is 0.274. The molecule has 1 heteroatoms. The summed E-state index contributed by atoms with van der Waals surface area (Å²) in [5.41, 5.74) is 8.62. The Hall–Kier alpha value is -3.06. The Morgan fingerprint density at radius 3 is 1.97 bits per heavy atom. The van der Waals surface area contributed by atoms with E-state index in [-0.39, 0.29) is 0 Å². The van der Waals surface area contributed by atoms with Crippen molar-refractivity contribution in [1.29, 1.82) is 0 Å². The van der Waals surface area contributed by atoms with Gasteiger partial charge in [-0.05, 0) is 0 Å². The summed E-state index contributed by atoms with van der Waals surface area (Å²) in [4.78, 5) is 0. The fraction of sp³-hybridized carbons (Fsp3) is 0.0645. The Balaban J connectivity index is 1.68. The van der Waals surface area contributed by atoms with Crippen LogP contribution in [0.1, 0.15) is 28.7 Å². The standard InChI is InChI=1S/C13H9.C13H10.C5H5.Ti/c1-3-7-12-10(5-1)9-11-6-2-4-8-13(11)12;1-3-7-12(8-4-1)11-13-9-5-2-6-10-13;1-2-4-5-3-1;/h1-5,7-8H,9H2;1-10H;1-3H,4H2;. The molecule has 0 aromatic heterocycles. The van der Waals surface area contributed by atoms with Crippen LogP contribution in [0.3, 0.4) is 0 Å². The van der Waals surface area contributed by atoms with E-state index in [0.717, 1.165) is 12.8 Å². The minimum absolute atomic E-state index is 1.05. The zero-order valence-corrected chi connectivity index (χ0v) is 19.5. The van der Waals surface area contributed by atoms with Crippen molar-refractivity contribution in [3.8, 4) is 11.1 Å². The second-order valence-electron chi connectivity index (χ2n) is 8.47. The number of rotatable bonds is 4. The first-order valence-corrected chi connectivity index (χ1v) is 13.7. The molecule has 0 spiro atoms. The molecule has 0 amide bonds. The van der Waals surface area contributed by atoms with Crippen molar-refractivity contribution >= 4 is 7.68 Å². The van der Waals surface area contributed by atoms with Gasteiger partial charge in [0, 0.05) is 0 Å². The molecule has 0 saturated heterocycles. The van der Waals surface area contributed by atoms with E-state index in [4.69, 9.17) is 0 Å². The van der Waals surface area contributed by atoms with Gasteiger partial charge in [-0.3, -0.25) is 0 Å². The molecule has 0 bridgehead atoms. The molecule has 0 heterocycles. The molecule has 2 aliphatic rings. The van der Waals surface area contributed by atoms with E-state index in [9.17, 15) is 0 Å². The number of fused-ring (bicyclic) bond motifs is 3. The molecule has 0 saturated carbocycles. The Morgan fingerprint density at radius 1 is 0.625 bits per heavy atom. The summed E-state index contributed by atoms with van der Waals surface area (Å²) in [6, 6.07) is 38.2. The van der Waals surface area contributed by atoms with Crippen molar-refractivity contribution in [2.45, 2.75) is 12.8 Å². The third-order valence-corrected chi connectivity index (χ3v) is 11.4. The molecule has 4 aromatic rings. The predicted octanol–water partition coefficient (Wildman–Crippen LogP) is 6.61. The average molecular weight is 444 g/mol. The Labute approximate surface area is 195 Å². The monoisotopic (exact) mass is 444 g/mol. The van der Waals surface area contributed by atoms with Crippen LogP contribution in [0.25, 0.3) is 11.1 Å². The molecular weight excluding hydrogens is 420 g/mol. The fourth-order valence-electron chi connectivity index (χ4n) is 5.16. The summed E-state index contributed by atoms with van der Waals surface area (Å²) in [6.07, 6.45) is 9.12. The van der Waals surface area contributed by atoms with Crippen molar-refractivity contribution < 1.29 is 17.4 Å². The first kappa shape index (κ1) is 19.6. The van der Waals surface area contributed by atoms with Gasteiger partial charge in [-0.25, -0.2) is 0 Å². The predicted molar refractivity (Wildman–Crippen MR) is 132 cm³/mol. The van der Waals surface area contributed by atoms with Crippen LogP contribution in [-0.2, 0) is 23.8 Å². The molecule has 0 radical (unpaired) electrons. The molecule has 0 nitrogen and oxygen atoms in total. The molecule has 0 aliphatic heterocycles. The maximum atomic E-state index is 2.44. The molecular formula is C31H24Ti. The third kappa shape index (κ3) is 3.41. The second-order valence-corrected chi connectivity index (χ2v) is 12.3. The van der Waals surface area contributed by atoms with Crippen LogP contribution in [0.5, 0.6) is 0 Å². The number of allylic oxidation sites excluding steroid dienone is 4. The summed E-state index contributed by atoms with van der Waals surface area (Å²) in [5.74, 6) is 0. The van der Waals surface area contributed by atoms with E-state index in [0.29, 0.717) is 0 Å². The van der Waals surface area contributed by atoms with Crippen LogP contribution >= 0.6 is 0 Å². The first-order chi connectivity index (χ1) is 15.9. The summed E-state index contributed by atoms with van der Waals surface area (Å²) in [5, 5.41) is 0. The van der Waals surface area contributed by atoms with E-state index in [1.54, 1.807) is 17.1 Å². The van der Waals surface area contributed by atoms with Crippen molar-refractivity contribution in [2.75, 3.05) is 0 Å². The zero-order valence-electron chi connectivity index (χ0n) is 18.0. The van der Waals surface area contributed by atoms with E-state index in [1.165, 1.54) is 27.8 Å². The molecule has 6 rings (SSSR count). The Kier molecular flexibility index (Phi) is 5.19. The van der Waals surface area contributed by atoms with Crippen LogP contribution in [0.2, 0.25) is 0 Å². The van der Waals surface area contributed by atoms with Gasteiger partial charge in [-0.2, -0.15) is 0 Å². The molecule has 152 valence electrons. The van der Waals surface area contributed by atoms with Gasteiger partial charge >= 0.3 is 197 Å². The molecule has 2 aliphatic carbocycles. The maximum absolute atomic E-state index is 2.44. The molecule has 0 atom stereocenters. The van der Waals surface area contributed by atoms with Gasteiger partial charge < -0.3 is 0 Å². The molecule has 0 unspecified atom stereocenters. The van der Waals surface area contributed by atoms with E-state index in [1.807, 2.05) is 0 Å². The van der Waals surface area contributed by atoms with Gasteiger partial charge in [0.2, 0.25) is 0 Å². The average Bonchev–Trinajstić information content (AvgIpc) is 3.52. The zero-order chi connectivity index (χ0) is 21.3. The first-order valence-electron chi connectivity index (χ1n) is 11.3. The SMILES string of the molecule is C1=CC[C]([Ti](=[C](c2ccccc2)c2ccccc2)[c]2cccc3c2Cc2ccccc2-3)=C1. The fourth-order valence-corrected chi connectivity index (χ4v) is 10.2. The van der Waals surface area contributed by atoms with Crippen LogP contribution in [0, 0.1) is 0 Å². The van der Waals surface area contributed by atoms with E-state index in [2.05, 4.69) is 121 Å². The summed E-state index contributed by atoms with van der Waals surface area (Å²) >= 11 is -2.05. The number of benzene rings is 4. The molecule has 0 N–H and O–H groups in total. The topological polar surface area (TPSA) is 0 Å². The van der Waals surface area contributed by atoms with Gasteiger partial charge in [0.15, 0.2) is 0 Å². The van der Waals surface area contributed by atoms with Gasteiger partial charge in [-0.15, -0.1) is 0 Å². The van der Waals surface area contributed by atoms with Gasteiger partial charge in [0.05, 0.1) is 0 Å².